The molecule has 0 saturated heterocycles. The van der Waals surface area contributed by atoms with Crippen molar-refractivity contribution in [3.05, 3.63) is 78.6 Å². The number of carbonyl (C=O) groups excluding carboxylic acids is 2. The van der Waals surface area contributed by atoms with Crippen molar-refractivity contribution in [1.82, 2.24) is 15.5 Å². The third-order valence-electron chi connectivity index (χ3n) is 5.23. The van der Waals surface area contributed by atoms with E-state index < -0.39 is 80.9 Å². The van der Waals surface area contributed by atoms with Crippen molar-refractivity contribution < 1.29 is 44.7 Å². The number of hydrogen-bond acceptors (Lipinski definition) is 5. The highest BCUT2D eigenvalue weighted by atomic mass is 19.2. The lowest BCUT2D eigenvalue weighted by atomic mass is 10.1. The fourth-order valence-corrected chi connectivity index (χ4v) is 3.29. The molecule has 2 amide bonds. The fraction of sp³-hybridized carbons (Fsp3) is 0.333. The summed E-state index contributed by atoms with van der Waals surface area (Å²) in [5, 5.41) is 9.18. The van der Waals surface area contributed by atoms with Gasteiger partial charge in [-0.1, -0.05) is 10.2 Å². The van der Waals surface area contributed by atoms with Crippen LogP contribution in [0.4, 0.5) is 46.5 Å². The molecule has 40 heavy (non-hydrogen) atoms. The Balaban J connectivity index is 1.84. The van der Waals surface area contributed by atoms with Gasteiger partial charge in [-0.2, -0.15) is 0 Å². The van der Waals surface area contributed by atoms with Gasteiger partial charge < -0.3 is 15.5 Å². The molecule has 0 atom stereocenters. The van der Waals surface area contributed by atoms with Crippen LogP contribution in [-0.2, 0) is 0 Å². The first-order chi connectivity index (χ1) is 18.9. The van der Waals surface area contributed by atoms with Crippen molar-refractivity contribution in [2.45, 2.75) is 12.8 Å². The maximum Gasteiger partial charge on any atom is 0.257 e. The smallest absolute Gasteiger partial charge is 0.257 e. The van der Waals surface area contributed by atoms with Gasteiger partial charge in [0.2, 0.25) is 0 Å². The lowest BCUT2D eigenvalue weighted by molar-refractivity contribution is 0.0934. The first kappa shape index (κ1) is 31.6. The fourth-order valence-electron chi connectivity index (χ4n) is 3.29. The Labute approximate surface area is 219 Å². The average molecular weight is 579 g/mol. The summed E-state index contributed by atoms with van der Waals surface area (Å²) in [6.45, 7) is 0.111. The Bertz CT molecular complexity index is 1260. The van der Waals surface area contributed by atoms with Gasteiger partial charge in [0, 0.05) is 22.9 Å². The Morgan fingerprint density at radius 3 is 1.23 bits per heavy atom. The standard InChI is InChI=1S/C21H17F8N9O2/c1-38(6-2-4-32-20(39)8-10(22)14(26)18(34-36-30)15(27)11(8)23)7-3-5-33-21(40)9-12(24)16(28)19(35-37-31)17(29)13(9)25/h2-7H2,1H3,(H,32,39)(H,33,40). The number of benzene rings is 2. The van der Waals surface area contributed by atoms with Gasteiger partial charge in [0.1, 0.15) is 22.5 Å². The second-order valence-electron chi connectivity index (χ2n) is 7.86. The third-order valence-corrected chi connectivity index (χ3v) is 5.23. The molecule has 2 N–H and O–H groups in total. The van der Waals surface area contributed by atoms with E-state index in [0.29, 0.717) is 0 Å². The second-order valence-corrected chi connectivity index (χ2v) is 7.86. The molecule has 2 rings (SSSR count). The molecular weight excluding hydrogens is 562 g/mol. The highest BCUT2D eigenvalue weighted by Gasteiger charge is 2.30. The molecule has 2 aromatic rings. The Morgan fingerprint density at radius 1 is 0.650 bits per heavy atom. The highest BCUT2D eigenvalue weighted by molar-refractivity contribution is 5.95. The van der Waals surface area contributed by atoms with E-state index in [1.54, 1.807) is 11.9 Å². The minimum Gasteiger partial charge on any atom is -0.352 e. The molecule has 2 aromatic carbocycles. The number of rotatable bonds is 12. The zero-order chi connectivity index (χ0) is 30.1. The molecule has 0 spiro atoms. The van der Waals surface area contributed by atoms with Gasteiger partial charge in [-0.05, 0) is 44.0 Å². The van der Waals surface area contributed by atoms with Crippen LogP contribution in [0, 0.1) is 46.5 Å². The summed E-state index contributed by atoms with van der Waals surface area (Å²) in [7, 11) is 1.58. The maximum absolute atomic E-state index is 14.0. The molecule has 0 aliphatic carbocycles. The van der Waals surface area contributed by atoms with Crippen LogP contribution in [0.5, 0.6) is 0 Å². The van der Waals surface area contributed by atoms with Crippen LogP contribution in [-0.4, -0.2) is 49.9 Å². The summed E-state index contributed by atoms with van der Waals surface area (Å²) in [5.74, 6) is -19.3. The number of amides is 2. The molecule has 0 unspecified atom stereocenters. The zero-order valence-corrected chi connectivity index (χ0v) is 20.2. The van der Waals surface area contributed by atoms with Crippen LogP contribution in [0.1, 0.15) is 33.6 Å². The highest BCUT2D eigenvalue weighted by Crippen LogP contribution is 2.31. The molecule has 0 aliphatic rings. The molecule has 0 saturated carbocycles. The summed E-state index contributed by atoms with van der Waals surface area (Å²) < 4.78 is 111. The lowest BCUT2D eigenvalue weighted by Crippen LogP contribution is -2.32. The van der Waals surface area contributed by atoms with Crippen LogP contribution in [0.15, 0.2) is 10.2 Å². The molecule has 214 valence electrons. The van der Waals surface area contributed by atoms with Gasteiger partial charge in [-0.25, -0.2) is 35.1 Å². The minimum atomic E-state index is -2.05. The number of carbonyl (C=O) groups is 2. The van der Waals surface area contributed by atoms with Crippen molar-refractivity contribution in [3.63, 3.8) is 0 Å². The summed E-state index contributed by atoms with van der Waals surface area (Å²) >= 11 is 0. The SMILES string of the molecule is CN(CCCNC(=O)c1c(F)c(F)c(N=[N+]=[N-])c(F)c1F)CCCNC(=O)c1c(F)c(F)c(N=[N+]=[N-])c(F)c1F. The molecule has 11 nitrogen and oxygen atoms in total. The van der Waals surface area contributed by atoms with Crippen molar-refractivity contribution in [2.24, 2.45) is 10.2 Å². The van der Waals surface area contributed by atoms with Crippen LogP contribution in [0.2, 0.25) is 0 Å². The predicted octanol–water partition coefficient (Wildman–Crippen LogP) is 5.55. The van der Waals surface area contributed by atoms with Crippen LogP contribution >= 0.6 is 0 Å². The van der Waals surface area contributed by atoms with Gasteiger partial charge in [-0.15, -0.1) is 0 Å². The Hall–Kier alpha value is -4.60. The summed E-state index contributed by atoms with van der Waals surface area (Å²) in [4.78, 5) is 29.8. The quantitative estimate of drug-likeness (QED) is 0.0844. The molecule has 0 heterocycles. The summed E-state index contributed by atoms with van der Waals surface area (Å²) in [6, 6.07) is 0. The van der Waals surface area contributed by atoms with Gasteiger partial charge in [0.15, 0.2) is 46.5 Å². The molecule has 0 bridgehead atoms. The Morgan fingerprint density at radius 2 is 0.950 bits per heavy atom. The first-order valence-corrected chi connectivity index (χ1v) is 11.0. The summed E-state index contributed by atoms with van der Waals surface area (Å²) in [5.41, 5.74) is 10.2. The van der Waals surface area contributed by atoms with Gasteiger partial charge >= 0.3 is 0 Å². The zero-order valence-electron chi connectivity index (χ0n) is 20.2. The maximum atomic E-state index is 14.0. The molecular formula is C21H17F8N9O2. The van der Waals surface area contributed by atoms with Crippen molar-refractivity contribution >= 4 is 23.2 Å². The normalized spacial score (nSPS) is 10.7. The van der Waals surface area contributed by atoms with Crippen LogP contribution < -0.4 is 10.6 Å². The molecule has 19 heteroatoms. The predicted molar refractivity (Wildman–Crippen MR) is 122 cm³/mol. The van der Waals surface area contributed by atoms with E-state index in [1.165, 1.54) is 0 Å². The topological polar surface area (TPSA) is 159 Å². The van der Waals surface area contributed by atoms with E-state index in [1.807, 2.05) is 9.82 Å². The molecule has 0 fully saturated rings. The molecule has 0 radical (unpaired) electrons. The van der Waals surface area contributed by atoms with E-state index in [0.717, 1.165) is 0 Å². The van der Waals surface area contributed by atoms with Crippen LogP contribution in [0.3, 0.4) is 0 Å². The van der Waals surface area contributed by atoms with E-state index in [2.05, 4.69) is 20.9 Å². The van der Waals surface area contributed by atoms with Crippen molar-refractivity contribution in [2.75, 3.05) is 33.2 Å². The number of nitrogens with zero attached hydrogens (tertiary/aromatic N) is 7. The van der Waals surface area contributed by atoms with E-state index in [-0.39, 0.29) is 39.0 Å². The number of halogens is 8. The Kier molecular flexibility index (Phi) is 11.0. The summed E-state index contributed by atoms with van der Waals surface area (Å²) in [6.07, 6.45) is 0.345. The second kappa shape index (κ2) is 14.0. The molecule has 0 aliphatic heterocycles. The minimum absolute atomic E-state index is 0.173. The molecule has 0 aromatic heterocycles. The van der Waals surface area contributed by atoms with Crippen molar-refractivity contribution in [1.29, 1.82) is 0 Å². The number of nitrogens with one attached hydrogen (secondary N) is 2. The van der Waals surface area contributed by atoms with Gasteiger partial charge in [-0.3, -0.25) is 9.59 Å². The monoisotopic (exact) mass is 579 g/mol. The first-order valence-electron chi connectivity index (χ1n) is 11.0. The van der Waals surface area contributed by atoms with Gasteiger partial charge in [0.05, 0.1) is 0 Å². The largest absolute Gasteiger partial charge is 0.352 e. The van der Waals surface area contributed by atoms with E-state index in [9.17, 15) is 44.7 Å². The van der Waals surface area contributed by atoms with Gasteiger partial charge in [0.25, 0.3) is 11.8 Å². The third kappa shape index (κ3) is 6.88. The average Bonchev–Trinajstić information content (AvgIpc) is 2.92. The van der Waals surface area contributed by atoms with E-state index >= 15 is 0 Å². The van der Waals surface area contributed by atoms with Crippen LogP contribution in [0.25, 0.3) is 20.9 Å². The van der Waals surface area contributed by atoms with E-state index in [4.69, 9.17) is 11.1 Å². The lowest BCUT2D eigenvalue weighted by Gasteiger charge is -2.17. The van der Waals surface area contributed by atoms with Crippen molar-refractivity contribution in [3.8, 4) is 0 Å². The number of azide groups is 2. The number of hydrogen-bond donors (Lipinski definition) is 2.